The van der Waals surface area contributed by atoms with E-state index in [9.17, 15) is 9.59 Å². The second kappa shape index (κ2) is 10.6. The maximum Gasteiger partial charge on any atom is 0.255 e. The Morgan fingerprint density at radius 1 is 0.938 bits per heavy atom. The third kappa shape index (κ3) is 5.74. The van der Waals surface area contributed by atoms with E-state index in [1.54, 1.807) is 30.3 Å². The molecular formula is C26H26N2O4. The Labute approximate surface area is 187 Å². The molecule has 164 valence electrons. The molecule has 2 amide bonds. The summed E-state index contributed by atoms with van der Waals surface area (Å²) in [5, 5.41) is 5.74. The van der Waals surface area contributed by atoms with E-state index in [1.165, 1.54) is 5.56 Å². The van der Waals surface area contributed by atoms with Crippen LogP contribution in [0.4, 0.5) is 11.4 Å². The molecule has 1 aliphatic rings. The molecule has 1 atom stereocenters. The average Bonchev–Trinajstić information content (AvgIpc) is 3.36. The molecule has 0 radical (unpaired) electrons. The molecule has 0 spiro atoms. The molecule has 0 aromatic heterocycles. The molecule has 32 heavy (non-hydrogen) atoms. The van der Waals surface area contributed by atoms with Gasteiger partial charge in [0.15, 0.2) is 0 Å². The van der Waals surface area contributed by atoms with Crippen molar-refractivity contribution in [1.29, 1.82) is 0 Å². The normalized spacial score (nSPS) is 15.2. The fourth-order valence-corrected chi connectivity index (χ4v) is 3.56. The van der Waals surface area contributed by atoms with Crippen molar-refractivity contribution in [2.45, 2.75) is 25.4 Å². The molecule has 1 unspecified atom stereocenters. The van der Waals surface area contributed by atoms with E-state index < -0.39 is 6.10 Å². The molecule has 1 saturated heterocycles. The Hall–Kier alpha value is -3.64. The van der Waals surface area contributed by atoms with Crippen LogP contribution in [0.5, 0.6) is 5.75 Å². The number of ether oxygens (including phenoxy) is 2. The summed E-state index contributed by atoms with van der Waals surface area (Å²) < 4.78 is 11.3. The predicted molar refractivity (Wildman–Crippen MR) is 124 cm³/mol. The topological polar surface area (TPSA) is 76.7 Å². The van der Waals surface area contributed by atoms with Crippen LogP contribution in [0.3, 0.4) is 0 Å². The van der Waals surface area contributed by atoms with Gasteiger partial charge in [0.2, 0.25) is 0 Å². The molecule has 6 heteroatoms. The van der Waals surface area contributed by atoms with Crippen molar-refractivity contribution >= 4 is 23.2 Å². The lowest BCUT2D eigenvalue weighted by atomic mass is 10.1. The summed E-state index contributed by atoms with van der Waals surface area (Å²) in [5.74, 6) is 0.147. The SMILES string of the molecule is O=C(Nc1ccccc1OCCc1ccccc1)c1cccc(NC(=O)C2CCCO2)c1. The Bertz CT molecular complexity index is 1060. The zero-order valence-corrected chi connectivity index (χ0v) is 17.8. The van der Waals surface area contributed by atoms with Gasteiger partial charge in [0.1, 0.15) is 11.9 Å². The van der Waals surface area contributed by atoms with Gasteiger partial charge in [0.05, 0.1) is 12.3 Å². The number of anilines is 2. The number of para-hydroxylation sites is 2. The van der Waals surface area contributed by atoms with Gasteiger partial charge in [-0.3, -0.25) is 9.59 Å². The second-order valence-corrected chi connectivity index (χ2v) is 7.61. The van der Waals surface area contributed by atoms with Crippen molar-refractivity contribution in [2.75, 3.05) is 23.8 Å². The summed E-state index contributed by atoms with van der Waals surface area (Å²) in [6.45, 7) is 1.11. The maximum atomic E-state index is 12.9. The van der Waals surface area contributed by atoms with E-state index in [0.717, 1.165) is 12.8 Å². The number of benzene rings is 3. The predicted octanol–water partition coefficient (Wildman–Crippen LogP) is 4.68. The highest BCUT2D eigenvalue weighted by Gasteiger charge is 2.23. The van der Waals surface area contributed by atoms with E-state index >= 15 is 0 Å². The van der Waals surface area contributed by atoms with Crippen molar-refractivity contribution in [1.82, 2.24) is 0 Å². The molecule has 3 aromatic carbocycles. The van der Waals surface area contributed by atoms with E-state index in [4.69, 9.17) is 9.47 Å². The highest BCUT2D eigenvalue weighted by molar-refractivity contribution is 6.06. The number of nitrogens with one attached hydrogen (secondary N) is 2. The molecule has 1 heterocycles. The van der Waals surface area contributed by atoms with Crippen molar-refractivity contribution in [3.05, 3.63) is 90.0 Å². The fourth-order valence-electron chi connectivity index (χ4n) is 3.56. The minimum absolute atomic E-state index is 0.183. The second-order valence-electron chi connectivity index (χ2n) is 7.61. The monoisotopic (exact) mass is 430 g/mol. The quantitative estimate of drug-likeness (QED) is 0.544. The third-order valence-corrected chi connectivity index (χ3v) is 5.24. The van der Waals surface area contributed by atoms with Crippen LogP contribution in [0, 0.1) is 0 Å². The number of rotatable bonds is 8. The van der Waals surface area contributed by atoms with Crippen LogP contribution in [0.25, 0.3) is 0 Å². The first-order valence-electron chi connectivity index (χ1n) is 10.8. The molecule has 0 bridgehead atoms. The summed E-state index contributed by atoms with van der Waals surface area (Å²) in [5.41, 5.74) is 2.79. The highest BCUT2D eigenvalue weighted by Crippen LogP contribution is 2.25. The molecular weight excluding hydrogens is 404 g/mol. The number of carbonyl (C=O) groups excluding carboxylic acids is 2. The lowest BCUT2D eigenvalue weighted by Crippen LogP contribution is -2.27. The van der Waals surface area contributed by atoms with Gasteiger partial charge in [-0.1, -0.05) is 48.5 Å². The lowest BCUT2D eigenvalue weighted by Gasteiger charge is -2.14. The van der Waals surface area contributed by atoms with E-state index in [1.807, 2.05) is 36.4 Å². The van der Waals surface area contributed by atoms with Crippen LogP contribution in [-0.4, -0.2) is 31.1 Å². The first kappa shape index (κ1) is 21.6. The Balaban J connectivity index is 1.38. The largest absolute Gasteiger partial charge is 0.491 e. The van der Waals surface area contributed by atoms with Crippen molar-refractivity contribution in [2.24, 2.45) is 0 Å². The summed E-state index contributed by atoms with van der Waals surface area (Å²) >= 11 is 0. The zero-order chi connectivity index (χ0) is 22.2. The number of carbonyl (C=O) groups is 2. The van der Waals surface area contributed by atoms with Gasteiger partial charge in [0.25, 0.3) is 11.8 Å². The van der Waals surface area contributed by atoms with Gasteiger partial charge in [0, 0.05) is 24.3 Å². The summed E-state index contributed by atoms with van der Waals surface area (Å²) in [7, 11) is 0. The van der Waals surface area contributed by atoms with Gasteiger partial charge in [-0.2, -0.15) is 0 Å². The zero-order valence-electron chi connectivity index (χ0n) is 17.8. The average molecular weight is 431 g/mol. The van der Waals surface area contributed by atoms with E-state index in [0.29, 0.717) is 42.3 Å². The van der Waals surface area contributed by atoms with Gasteiger partial charge < -0.3 is 20.1 Å². The minimum Gasteiger partial charge on any atom is -0.491 e. The van der Waals surface area contributed by atoms with Gasteiger partial charge in [-0.05, 0) is 48.7 Å². The molecule has 1 fully saturated rings. The lowest BCUT2D eigenvalue weighted by molar-refractivity contribution is -0.124. The van der Waals surface area contributed by atoms with Crippen molar-refractivity contribution in [3.8, 4) is 5.75 Å². The van der Waals surface area contributed by atoms with Crippen LogP contribution >= 0.6 is 0 Å². The smallest absolute Gasteiger partial charge is 0.255 e. The van der Waals surface area contributed by atoms with Gasteiger partial charge in [-0.25, -0.2) is 0 Å². The van der Waals surface area contributed by atoms with Crippen LogP contribution in [-0.2, 0) is 16.0 Å². The summed E-state index contributed by atoms with van der Waals surface area (Å²) in [6.07, 6.45) is 1.95. The van der Waals surface area contributed by atoms with Crippen LogP contribution < -0.4 is 15.4 Å². The Morgan fingerprint density at radius 3 is 2.56 bits per heavy atom. The third-order valence-electron chi connectivity index (χ3n) is 5.24. The van der Waals surface area contributed by atoms with Gasteiger partial charge in [-0.15, -0.1) is 0 Å². The molecule has 1 aliphatic heterocycles. The van der Waals surface area contributed by atoms with Crippen LogP contribution in [0.1, 0.15) is 28.8 Å². The number of hydrogen-bond acceptors (Lipinski definition) is 4. The van der Waals surface area contributed by atoms with Crippen LogP contribution in [0.15, 0.2) is 78.9 Å². The van der Waals surface area contributed by atoms with E-state index in [-0.39, 0.29) is 11.8 Å². The summed E-state index contributed by atoms with van der Waals surface area (Å²) in [4.78, 5) is 25.1. The molecule has 6 nitrogen and oxygen atoms in total. The van der Waals surface area contributed by atoms with Gasteiger partial charge >= 0.3 is 0 Å². The number of hydrogen-bond donors (Lipinski definition) is 2. The van der Waals surface area contributed by atoms with Crippen molar-refractivity contribution in [3.63, 3.8) is 0 Å². The first-order chi connectivity index (χ1) is 15.7. The van der Waals surface area contributed by atoms with Crippen LogP contribution in [0.2, 0.25) is 0 Å². The maximum absolute atomic E-state index is 12.9. The van der Waals surface area contributed by atoms with E-state index in [2.05, 4.69) is 22.8 Å². The Kier molecular flexibility index (Phi) is 7.15. The molecule has 0 aliphatic carbocycles. The standard InChI is InChI=1S/C26H26N2O4/c29-25(20-10-6-11-21(18-20)27-26(30)24-14-7-16-31-24)28-22-12-4-5-13-23(22)32-17-15-19-8-2-1-3-9-19/h1-6,8-13,18,24H,7,14-17H2,(H,27,30)(H,28,29). The number of amides is 2. The summed E-state index contributed by atoms with van der Waals surface area (Å²) in [6, 6.07) is 24.3. The Morgan fingerprint density at radius 2 is 1.75 bits per heavy atom. The molecule has 2 N–H and O–H groups in total. The van der Waals surface area contributed by atoms with Crippen molar-refractivity contribution < 1.29 is 19.1 Å². The fraction of sp³-hybridized carbons (Fsp3) is 0.231. The first-order valence-corrected chi connectivity index (χ1v) is 10.8. The minimum atomic E-state index is -0.424. The highest BCUT2D eigenvalue weighted by atomic mass is 16.5. The molecule has 3 aromatic rings. The molecule has 0 saturated carbocycles. The molecule has 4 rings (SSSR count).